The number of hydrogen-bond acceptors (Lipinski definition) is 0. The van der Waals surface area contributed by atoms with Crippen LogP contribution in [0.2, 0.25) is 0 Å². The molecule has 1 heteroatoms. The van der Waals surface area contributed by atoms with E-state index in [9.17, 15) is 0 Å². The van der Waals surface area contributed by atoms with Crippen molar-refractivity contribution in [1.82, 2.24) is 0 Å². The van der Waals surface area contributed by atoms with Gasteiger partial charge in [-0.2, -0.15) is 6.92 Å². The fraction of sp³-hybridized carbons (Fsp3) is 0.667. The maximum atomic E-state index is 3.03. The zero-order valence-corrected chi connectivity index (χ0v) is 8.05. The van der Waals surface area contributed by atoms with Crippen molar-refractivity contribution in [3.63, 3.8) is 0 Å². The molecule has 0 bridgehead atoms. The Bertz CT molecular complexity index is 55.2. The van der Waals surface area contributed by atoms with Crippen molar-refractivity contribution in [3.05, 3.63) is 11.6 Å². The maximum Gasteiger partial charge on any atom is 2.00 e. The van der Waals surface area contributed by atoms with Crippen LogP contribution in [0.4, 0.5) is 0 Å². The minimum atomic E-state index is 0. The predicted molar refractivity (Wildman–Crippen MR) is 28.4 cm³/mol. The van der Waals surface area contributed by atoms with E-state index in [0.717, 1.165) is 6.42 Å². The monoisotopic (exact) mass is 267 g/mol. The molecule has 0 amide bonds. The Balaban J connectivity index is 0. The molecule has 0 aromatic rings. The van der Waals surface area contributed by atoms with Crippen molar-refractivity contribution in [2.45, 2.75) is 27.2 Å². The topological polar surface area (TPSA) is 0 Å². The van der Waals surface area contributed by atoms with Gasteiger partial charge in [0.15, 0.2) is 0 Å². The van der Waals surface area contributed by atoms with E-state index in [2.05, 4.69) is 19.9 Å². The summed E-state index contributed by atoms with van der Waals surface area (Å²) < 4.78 is 0. The molecule has 0 radical (unpaired) electrons. The Hall–Kier alpha value is 0.428. The van der Waals surface area contributed by atoms with Crippen molar-refractivity contribution < 1.29 is 21.1 Å². The van der Waals surface area contributed by atoms with Crippen LogP contribution in [0.15, 0.2) is 5.57 Å². The van der Waals surface area contributed by atoms with E-state index in [4.69, 9.17) is 0 Å². The Morgan fingerprint density at radius 1 is 1.57 bits per heavy atom. The van der Waals surface area contributed by atoms with Crippen LogP contribution in [0.3, 0.4) is 0 Å². The van der Waals surface area contributed by atoms with Gasteiger partial charge in [-0.3, -0.25) is 5.57 Å². The quantitative estimate of drug-likeness (QED) is 0.639. The van der Waals surface area contributed by atoms with Gasteiger partial charge in [0, 0.05) is 0 Å². The van der Waals surface area contributed by atoms with E-state index in [1.54, 1.807) is 0 Å². The van der Waals surface area contributed by atoms with Crippen LogP contribution >= 0.6 is 0 Å². The van der Waals surface area contributed by atoms with E-state index in [1.165, 1.54) is 5.57 Å². The van der Waals surface area contributed by atoms with Crippen molar-refractivity contribution in [2.24, 2.45) is 0 Å². The SMILES string of the molecule is C[C-]=C(C)CC.[W+2]. The zero-order chi connectivity index (χ0) is 4.99. The van der Waals surface area contributed by atoms with E-state index in [0.29, 0.717) is 0 Å². The Labute approximate surface area is 60.3 Å². The zero-order valence-electron chi connectivity index (χ0n) is 5.12. The molecule has 0 aromatic heterocycles. The van der Waals surface area contributed by atoms with Crippen molar-refractivity contribution in [2.75, 3.05) is 0 Å². The summed E-state index contributed by atoms with van der Waals surface area (Å²) in [6.07, 6.45) is 4.17. The molecule has 0 atom stereocenters. The van der Waals surface area contributed by atoms with Crippen LogP contribution in [0.1, 0.15) is 27.2 Å². The summed E-state index contributed by atoms with van der Waals surface area (Å²) in [6.45, 7) is 6.16. The molecule has 0 nitrogen and oxygen atoms in total. The van der Waals surface area contributed by atoms with Crippen molar-refractivity contribution >= 4 is 0 Å². The van der Waals surface area contributed by atoms with Crippen LogP contribution in [-0.4, -0.2) is 0 Å². The Kier molecular flexibility index (Phi) is 9.57. The molecule has 0 saturated carbocycles. The Morgan fingerprint density at radius 2 is 2.00 bits per heavy atom. The first-order valence-corrected chi connectivity index (χ1v) is 2.31. The van der Waals surface area contributed by atoms with E-state index in [-0.39, 0.29) is 21.1 Å². The van der Waals surface area contributed by atoms with Gasteiger partial charge in [-0.05, 0) is 0 Å². The first-order chi connectivity index (χ1) is 2.81. The third-order valence-electron chi connectivity index (χ3n) is 0.957. The van der Waals surface area contributed by atoms with Gasteiger partial charge in [-0.15, -0.1) is 0 Å². The molecule has 0 spiro atoms. The molecule has 0 aliphatic rings. The second-order valence-electron chi connectivity index (χ2n) is 1.38. The largest absolute Gasteiger partial charge is 2.00 e. The first-order valence-electron chi connectivity index (χ1n) is 2.31. The van der Waals surface area contributed by atoms with Crippen LogP contribution in [0.25, 0.3) is 0 Å². The van der Waals surface area contributed by atoms with Gasteiger partial charge in [0.1, 0.15) is 0 Å². The van der Waals surface area contributed by atoms with Crippen molar-refractivity contribution in [3.8, 4) is 0 Å². The van der Waals surface area contributed by atoms with Gasteiger partial charge in [0.05, 0.1) is 0 Å². The average Bonchev–Trinajstić information content (AvgIpc) is 1.65. The summed E-state index contributed by atoms with van der Waals surface area (Å²) >= 11 is 0. The fourth-order valence-corrected chi connectivity index (χ4v) is 0.177. The van der Waals surface area contributed by atoms with Crippen molar-refractivity contribution in [1.29, 1.82) is 0 Å². The van der Waals surface area contributed by atoms with Crippen LogP contribution in [0.5, 0.6) is 0 Å². The van der Waals surface area contributed by atoms with E-state index < -0.39 is 0 Å². The van der Waals surface area contributed by atoms with Crippen LogP contribution in [0, 0.1) is 6.08 Å². The molecular weight excluding hydrogens is 256 g/mol. The average molecular weight is 267 g/mol. The van der Waals surface area contributed by atoms with Crippen LogP contribution in [-0.2, 0) is 21.1 Å². The molecule has 0 N–H and O–H groups in total. The summed E-state index contributed by atoms with van der Waals surface area (Å²) in [4.78, 5) is 0. The second kappa shape index (κ2) is 6.43. The summed E-state index contributed by atoms with van der Waals surface area (Å²) in [6, 6.07) is 0. The molecular formula is C6H11W+. The molecule has 40 valence electrons. The van der Waals surface area contributed by atoms with E-state index >= 15 is 0 Å². The summed E-state index contributed by atoms with van der Waals surface area (Å²) in [5.74, 6) is 0. The normalized spacial score (nSPS) is 10.4. The molecule has 0 aromatic carbocycles. The second-order valence-corrected chi connectivity index (χ2v) is 1.38. The molecule has 0 aliphatic carbocycles. The first kappa shape index (κ1) is 10.4. The Morgan fingerprint density at radius 3 is 2.00 bits per heavy atom. The van der Waals surface area contributed by atoms with Gasteiger partial charge in [-0.25, -0.2) is 0 Å². The molecule has 0 fully saturated rings. The smallest absolute Gasteiger partial charge is 0.501 e. The third kappa shape index (κ3) is 6.43. The van der Waals surface area contributed by atoms with Gasteiger partial charge in [0.25, 0.3) is 0 Å². The summed E-state index contributed by atoms with van der Waals surface area (Å²) in [5.41, 5.74) is 1.34. The minimum Gasteiger partial charge on any atom is -0.501 e. The third-order valence-corrected chi connectivity index (χ3v) is 0.957. The maximum absolute atomic E-state index is 3.03. The number of allylic oxidation sites excluding steroid dienone is 2. The van der Waals surface area contributed by atoms with Gasteiger partial charge >= 0.3 is 21.1 Å². The molecule has 0 heterocycles. The number of rotatable bonds is 1. The molecule has 0 saturated heterocycles. The van der Waals surface area contributed by atoms with Crippen LogP contribution < -0.4 is 0 Å². The summed E-state index contributed by atoms with van der Waals surface area (Å²) in [5, 5.41) is 0. The minimum absolute atomic E-state index is 0. The summed E-state index contributed by atoms with van der Waals surface area (Å²) in [7, 11) is 0. The molecule has 0 rings (SSSR count). The van der Waals surface area contributed by atoms with E-state index in [1.807, 2.05) is 6.92 Å². The molecule has 0 unspecified atom stereocenters. The number of hydrogen-bond donors (Lipinski definition) is 0. The van der Waals surface area contributed by atoms with Gasteiger partial charge in [-0.1, -0.05) is 20.3 Å². The molecule has 7 heavy (non-hydrogen) atoms. The fourth-order valence-electron chi connectivity index (χ4n) is 0.177. The van der Waals surface area contributed by atoms with Gasteiger partial charge in [0.2, 0.25) is 0 Å². The predicted octanol–water partition coefficient (Wildman–Crippen LogP) is 2.16. The van der Waals surface area contributed by atoms with Gasteiger partial charge < -0.3 is 6.08 Å². The standard InChI is InChI=1S/C6H11.W/c1-4-6(3)5-2;/h4H2,1-3H3;/q-1;+2. The molecule has 0 aliphatic heterocycles.